The Bertz CT molecular complexity index is 1480. The molecule has 0 aliphatic heterocycles. The Hall–Kier alpha value is -4.42. The van der Waals surface area contributed by atoms with E-state index in [2.05, 4.69) is 35.0 Å². The molecule has 0 saturated heterocycles. The molecule has 5 rings (SSSR count). The van der Waals surface area contributed by atoms with Crippen molar-refractivity contribution < 1.29 is 22.0 Å². The summed E-state index contributed by atoms with van der Waals surface area (Å²) in [5, 5.41) is 20.2. The van der Waals surface area contributed by atoms with Gasteiger partial charge in [-0.25, -0.2) is 13.8 Å². The molecule has 0 aliphatic rings. The monoisotopic (exact) mass is 456 g/mol. The van der Waals surface area contributed by atoms with Crippen LogP contribution >= 0.6 is 0 Å². The molecule has 0 radical (unpaired) electrons. The van der Waals surface area contributed by atoms with Gasteiger partial charge < -0.3 is 10.2 Å². The number of tetrazole rings is 1. The van der Waals surface area contributed by atoms with Crippen molar-refractivity contribution in [2.75, 3.05) is 5.73 Å². The van der Waals surface area contributed by atoms with Crippen LogP contribution in [0.1, 0.15) is 17.9 Å². The third-order valence-electron chi connectivity index (χ3n) is 4.76. The van der Waals surface area contributed by atoms with Gasteiger partial charge in [-0.3, -0.25) is 0 Å². The molecule has 3 heterocycles. The fraction of sp³-hybridized carbons (Fsp3) is 0.100. The summed E-state index contributed by atoms with van der Waals surface area (Å²) in [6.45, 7) is -0.230. The molecule has 0 amide bonds. The van der Waals surface area contributed by atoms with Crippen LogP contribution in [0.3, 0.4) is 0 Å². The van der Waals surface area contributed by atoms with Crippen molar-refractivity contribution >= 4 is 16.6 Å². The summed E-state index contributed by atoms with van der Waals surface area (Å²) in [5.74, 6) is -2.67. The number of anilines is 1. The SMILES string of the molecule is Nc1cc2cc(-c3nnn(Cc4cc(F)c(-c5nnc(C(F)F)o5)cc4F)n3)ccc2cn1. The number of nitrogens with zero attached hydrogens (tertiary/aromatic N) is 7. The predicted octanol–water partition coefficient (Wildman–Crippen LogP) is 3.78. The molecule has 0 unspecified atom stereocenters. The first-order valence-electron chi connectivity index (χ1n) is 9.40. The predicted molar refractivity (Wildman–Crippen MR) is 107 cm³/mol. The Morgan fingerprint density at radius 1 is 0.970 bits per heavy atom. The van der Waals surface area contributed by atoms with Crippen LogP contribution in [-0.2, 0) is 6.54 Å². The number of rotatable bonds is 5. The van der Waals surface area contributed by atoms with Gasteiger partial charge in [0, 0.05) is 22.7 Å². The largest absolute Gasteiger partial charge is 0.415 e. The molecule has 33 heavy (non-hydrogen) atoms. The van der Waals surface area contributed by atoms with Crippen molar-refractivity contribution in [3.05, 3.63) is 65.7 Å². The normalized spacial score (nSPS) is 11.5. The molecule has 166 valence electrons. The standard InChI is InChI=1S/C20H12F4N8O/c21-14-6-13(19-28-29-20(33-19)17(23)24)15(22)4-12(14)8-32-30-18(27-31-32)9-1-2-10-7-26-16(25)5-11(10)3-9/h1-7,17H,8H2,(H2,25,26). The fourth-order valence-corrected chi connectivity index (χ4v) is 3.18. The minimum Gasteiger partial charge on any atom is -0.415 e. The van der Waals surface area contributed by atoms with Gasteiger partial charge in [0.2, 0.25) is 5.82 Å². The van der Waals surface area contributed by atoms with E-state index < -0.39 is 35.4 Å². The topological polar surface area (TPSA) is 121 Å². The van der Waals surface area contributed by atoms with Gasteiger partial charge in [0.15, 0.2) is 0 Å². The zero-order valence-corrected chi connectivity index (χ0v) is 16.5. The van der Waals surface area contributed by atoms with Crippen LogP contribution in [0.25, 0.3) is 33.6 Å². The second-order valence-electron chi connectivity index (χ2n) is 6.98. The smallest absolute Gasteiger partial charge is 0.314 e. The van der Waals surface area contributed by atoms with Crippen LogP contribution in [0.15, 0.2) is 47.0 Å². The van der Waals surface area contributed by atoms with Crippen molar-refractivity contribution in [2.45, 2.75) is 13.0 Å². The summed E-state index contributed by atoms with van der Waals surface area (Å²) >= 11 is 0. The Labute approximate surface area is 181 Å². The second-order valence-corrected chi connectivity index (χ2v) is 6.98. The minimum atomic E-state index is -3.03. The van der Waals surface area contributed by atoms with Crippen LogP contribution in [0.2, 0.25) is 0 Å². The lowest BCUT2D eigenvalue weighted by Crippen LogP contribution is -2.07. The number of hydrogen-bond donors (Lipinski definition) is 1. The van der Waals surface area contributed by atoms with E-state index in [1.54, 1.807) is 18.3 Å². The van der Waals surface area contributed by atoms with Gasteiger partial charge >= 0.3 is 6.43 Å². The maximum absolute atomic E-state index is 14.6. The van der Waals surface area contributed by atoms with E-state index in [0.29, 0.717) is 11.4 Å². The fourth-order valence-electron chi connectivity index (χ4n) is 3.18. The van der Waals surface area contributed by atoms with Crippen LogP contribution in [-0.4, -0.2) is 35.4 Å². The molecule has 0 bridgehead atoms. The highest BCUT2D eigenvalue weighted by molar-refractivity contribution is 5.87. The maximum atomic E-state index is 14.6. The molecule has 0 fully saturated rings. The van der Waals surface area contributed by atoms with Crippen LogP contribution in [0.4, 0.5) is 23.4 Å². The van der Waals surface area contributed by atoms with Gasteiger partial charge in [-0.1, -0.05) is 12.1 Å². The number of halogens is 4. The molecular formula is C20H12F4N8O. The van der Waals surface area contributed by atoms with Crippen LogP contribution in [0, 0.1) is 11.6 Å². The number of aromatic nitrogens is 7. The van der Waals surface area contributed by atoms with Crippen molar-refractivity contribution in [1.29, 1.82) is 0 Å². The number of hydrogen-bond acceptors (Lipinski definition) is 8. The average molecular weight is 456 g/mol. The summed E-state index contributed by atoms with van der Waals surface area (Å²) in [4.78, 5) is 5.12. The quantitative estimate of drug-likeness (QED) is 0.397. The van der Waals surface area contributed by atoms with E-state index in [1.807, 2.05) is 12.1 Å². The molecule has 5 aromatic rings. The zero-order chi connectivity index (χ0) is 23.1. The van der Waals surface area contributed by atoms with Gasteiger partial charge in [-0.2, -0.15) is 13.6 Å². The summed E-state index contributed by atoms with van der Waals surface area (Å²) in [6.07, 6.45) is -1.38. The van der Waals surface area contributed by atoms with Crippen LogP contribution < -0.4 is 5.73 Å². The first-order valence-corrected chi connectivity index (χ1v) is 9.40. The van der Waals surface area contributed by atoms with Gasteiger partial charge in [0.05, 0.1) is 12.1 Å². The third-order valence-corrected chi connectivity index (χ3v) is 4.76. The summed E-state index contributed by atoms with van der Waals surface area (Å²) < 4.78 is 59.0. The summed E-state index contributed by atoms with van der Waals surface area (Å²) in [5.41, 5.74) is 5.84. The molecule has 13 heteroatoms. The number of nitrogens with two attached hydrogens (primary N) is 1. The van der Waals surface area contributed by atoms with Gasteiger partial charge in [-0.15, -0.1) is 20.4 Å². The van der Waals surface area contributed by atoms with Crippen molar-refractivity contribution in [2.24, 2.45) is 0 Å². The van der Waals surface area contributed by atoms with Gasteiger partial charge in [0.1, 0.15) is 17.5 Å². The Balaban J connectivity index is 1.40. The molecule has 0 atom stereocenters. The minimum absolute atomic E-state index is 0.0915. The first kappa shape index (κ1) is 20.5. The molecule has 2 aromatic carbocycles. The Morgan fingerprint density at radius 2 is 1.82 bits per heavy atom. The van der Waals surface area contributed by atoms with Crippen molar-refractivity contribution in [3.8, 4) is 22.8 Å². The Morgan fingerprint density at radius 3 is 2.61 bits per heavy atom. The number of fused-ring (bicyclic) bond motifs is 1. The summed E-state index contributed by atoms with van der Waals surface area (Å²) in [7, 11) is 0. The summed E-state index contributed by atoms with van der Waals surface area (Å²) in [6, 6.07) is 8.77. The van der Waals surface area contributed by atoms with Gasteiger partial charge in [0.25, 0.3) is 11.8 Å². The Kier molecular flexibility index (Phi) is 4.92. The molecule has 0 aliphatic carbocycles. The lowest BCUT2D eigenvalue weighted by molar-refractivity contribution is 0.116. The molecular weight excluding hydrogens is 444 g/mol. The number of pyridine rings is 1. The van der Waals surface area contributed by atoms with E-state index in [1.165, 1.54) is 0 Å². The molecule has 9 nitrogen and oxygen atoms in total. The van der Waals surface area contributed by atoms with E-state index in [0.717, 1.165) is 27.7 Å². The number of nitrogen functional groups attached to an aromatic ring is 1. The molecule has 3 aromatic heterocycles. The van der Waals surface area contributed by atoms with E-state index in [9.17, 15) is 17.6 Å². The average Bonchev–Trinajstić information content (AvgIpc) is 3.46. The highest BCUT2D eigenvalue weighted by atomic mass is 19.3. The molecule has 0 saturated carbocycles. The van der Waals surface area contributed by atoms with E-state index in [-0.39, 0.29) is 17.9 Å². The first-order chi connectivity index (χ1) is 15.9. The zero-order valence-electron chi connectivity index (χ0n) is 16.5. The third kappa shape index (κ3) is 3.95. The highest BCUT2D eigenvalue weighted by Crippen LogP contribution is 2.28. The lowest BCUT2D eigenvalue weighted by Gasteiger charge is -2.05. The van der Waals surface area contributed by atoms with Gasteiger partial charge in [-0.05, 0) is 34.9 Å². The highest BCUT2D eigenvalue weighted by Gasteiger charge is 2.21. The number of benzene rings is 2. The van der Waals surface area contributed by atoms with Crippen molar-refractivity contribution in [3.63, 3.8) is 0 Å². The van der Waals surface area contributed by atoms with Crippen LogP contribution in [0.5, 0.6) is 0 Å². The molecule has 0 spiro atoms. The number of alkyl halides is 2. The molecule has 2 N–H and O–H groups in total. The van der Waals surface area contributed by atoms with Crippen molar-refractivity contribution in [1.82, 2.24) is 35.4 Å². The van der Waals surface area contributed by atoms with E-state index >= 15 is 0 Å². The lowest BCUT2D eigenvalue weighted by atomic mass is 10.1. The maximum Gasteiger partial charge on any atom is 0.314 e. The van der Waals surface area contributed by atoms with E-state index in [4.69, 9.17) is 5.73 Å². The second kappa shape index (κ2) is 7.93.